The molecule has 3 aromatic carbocycles. The van der Waals surface area contributed by atoms with Gasteiger partial charge in [0.05, 0.1) is 18.7 Å². The van der Waals surface area contributed by atoms with Gasteiger partial charge in [0.2, 0.25) is 0 Å². The van der Waals surface area contributed by atoms with Gasteiger partial charge in [-0.15, -0.1) is 0 Å². The molecule has 2 aliphatic rings. The summed E-state index contributed by atoms with van der Waals surface area (Å²) in [4.78, 5) is 28.5. The number of aliphatic hydroxyl groups excluding tert-OH is 1. The maximum absolute atomic E-state index is 13.5. The van der Waals surface area contributed by atoms with Crippen LogP contribution in [0.3, 0.4) is 0 Å². The molecule has 5 rings (SSSR count). The fraction of sp³-hybridized carbons (Fsp3) is 0.290. The zero-order valence-corrected chi connectivity index (χ0v) is 22.2. The molecule has 2 aliphatic heterocycles. The van der Waals surface area contributed by atoms with Gasteiger partial charge in [-0.25, -0.2) is 0 Å². The van der Waals surface area contributed by atoms with Crippen LogP contribution in [0.15, 0.2) is 66.2 Å². The maximum atomic E-state index is 13.5. The molecule has 0 saturated carbocycles. The number of benzene rings is 3. The highest BCUT2D eigenvalue weighted by molar-refractivity contribution is 6.51. The Balaban J connectivity index is 1.69. The molecule has 1 unspecified atom stereocenters. The van der Waals surface area contributed by atoms with Crippen LogP contribution in [0.5, 0.6) is 17.2 Å². The summed E-state index contributed by atoms with van der Waals surface area (Å²) in [6, 6.07) is 17.3. The summed E-state index contributed by atoms with van der Waals surface area (Å²) < 4.78 is 16.7. The monoisotopic (exact) mass is 513 g/mol. The van der Waals surface area contributed by atoms with E-state index >= 15 is 0 Å². The summed E-state index contributed by atoms with van der Waals surface area (Å²) in [7, 11) is 1.57. The van der Waals surface area contributed by atoms with Crippen molar-refractivity contribution in [1.82, 2.24) is 0 Å². The largest absolute Gasteiger partial charge is 0.507 e. The molecule has 2 heterocycles. The van der Waals surface area contributed by atoms with E-state index in [4.69, 9.17) is 14.2 Å². The number of fused-ring (bicyclic) bond motifs is 1. The number of ketones is 1. The van der Waals surface area contributed by atoms with Gasteiger partial charge >= 0.3 is 0 Å². The van der Waals surface area contributed by atoms with Gasteiger partial charge in [-0.1, -0.05) is 45.0 Å². The molecule has 0 spiro atoms. The zero-order valence-electron chi connectivity index (χ0n) is 22.2. The molecule has 0 bridgehead atoms. The number of aliphatic hydroxyl groups is 1. The number of amides is 1. The van der Waals surface area contributed by atoms with Gasteiger partial charge in [-0.3, -0.25) is 14.5 Å². The minimum absolute atomic E-state index is 0.0259. The first-order valence-corrected chi connectivity index (χ1v) is 12.6. The Kier molecular flexibility index (Phi) is 6.39. The highest BCUT2D eigenvalue weighted by Crippen LogP contribution is 2.45. The molecule has 7 heteroatoms. The number of ether oxygens (including phenoxy) is 3. The molecule has 1 N–H and O–H groups in total. The number of methoxy groups -OCH3 is 1. The van der Waals surface area contributed by atoms with Gasteiger partial charge in [0, 0.05) is 17.3 Å². The molecule has 1 saturated heterocycles. The van der Waals surface area contributed by atoms with Gasteiger partial charge in [0.15, 0.2) is 11.5 Å². The summed E-state index contributed by atoms with van der Waals surface area (Å²) in [5.41, 5.74) is 3.48. The molecule has 1 atom stereocenters. The quantitative estimate of drug-likeness (QED) is 0.274. The molecule has 196 valence electrons. The first-order chi connectivity index (χ1) is 18.1. The van der Waals surface area contributed by atoms with Gasteiger partial charge < -0.3 is 19.3 Å². The van der Waals surface area contributed by atoms with Gasteiger partial charge in [0.25, 0.3) is 11.7 Å². The van der Waals surface area contributed by atoms with E-state index in [0.717, 1.165) is 11.1 Å². The van der Waals surface area contributed by atoms with Crippen LogP contribution in [0.2, 0.25) is 0 Å². The number of carbonyl (C=O) groups is 2. The van der Waals surface area contributed by atoms with E-state index in [0.29, 0.717) is 47.3 Å². The fourth-order valence-electron chi connectivity index (χ4n) is 4.94. The lowest BCUT2D eigenvalue weighted by Gasteiger charge is -2.28. The Morgan fingerprint density at radius 3 is 2.26 bits per heavy atom. The Labute approximate surface area is 222 Å². The van der Waals surface area contributed by atoms with E-state index in [1.165, 1.54) is 4.90 Å². The number of hydrogen-bond donors (Lipinski definition) is 1. The average Bonchev–Trinajstić information content (AvgIpc) is 3.17. The molecule has 1 amide bonds. The molecule has 0 aromatic heterocycles. The lowest BCUT2D eigenvalue weighted by Crippen LogP contribution is -2.29. The molecular weight excluding hydrogens is 482 g/mol. The smallest absolute Gasteiger partial charge is 0.300 e. The molecule has 3 aromatic rings. The summed E-state index contributed by atoms with van der Waals surface area (Å²) in [5, 5.41) is 11.5. The van der Waals surface area contributed by atoms with Crippen LogP contribution in [0.25, 0.3) is 5.76 Å². The molecule has 1 fully saturated rings. The van der Waals surface area contributed by atoms with Crippen molar-refractivity contribution in [2.75, 3.05) is 25.2 Å². The SMILES string of the molecule is COc1ccc(/C(O)=C2\C(=O)C(=O)N(c3ccc4c(c3)OCCO4)C2c2ccc(C(C)(C)C)cc2)cc1C. The summed E-state index contributed by atoms with van der Waals surface area (Å²) >= 11 is 0. The first kappa shape index (κ1) is 25.4. The van der Waals surface area contributed by atoms with Crippen molar-refractivity contribution >= 4 is 23.1 Å². The highest BCUT2D eigenvalue weighted by atomic mass is 16.6. The molecular formula is C31H31NO6. The van der Waals surface area contributed by atoms with E-state index in [1.54, 1.807) is 43.5 Å². The van der Waals surface area contributed by atoms with E-state index in [2.05, 4.69) is 20.8 Å². The lowest BCUT2D eigenvalue weighted by molar-refractivity contribution is -0.132. The van der Waals surface area contributed by atoms with Crippen molar-refractivity contribution in [1.29, 1.82) is 0 Å². The zero-order chi connectivity index (χ0) is 27.2. The van der Waals surface area contributed by atoms with E-state index in [-0.39, 0.29) is 16.7 Å². The third kappa shape index (κ3) is 4.38. The molecule has 38 heavy (non-hydrogen) atoms. The van der Waals surface area contributed by atoms with Crippen LogP contribution >= 0.6 is 0 Å². The lowest BCUT2D eigenvalue weighted by atomic mass is 9.85. The molecule has 0 aliphatic carbocycles. The Morgan fingerprint density at radius 2 is 1.63 bits per heavy atom. The van der Waals surface area contributed by atoms with Gasteiger partial charge in [0.1, 0.15) is 24.7 Å². The van der Waals surface area contributed by atoms with Crippen molar-refractivity contribution in [3.63, 3.8) is 0 Å². The van der Waals surface area contributed by atoms with Crippen molar-refractivity contribution in [3.8, 4) is 17.2 Å². The number of anilines is 1. The van der Waals surface area contributed by atoms with Crippen molar-refractivity contribution in [3.05, 3.63) is 88.5 Å². The topological polar surface area (TPSA) is 85.3 Å². The average molecular weight is 514 g/mol. The summed E-state index contributed by atoms with van der Waals surface area (Å²) in [6.45, 7) is 9.05. The Hall–Kier alpha value is -4.26. The summed E-state index contributed by atoms with van der Waals surface area (Å²) in [5.74, 6) is 0.0281. The second-order valence-electron chi connectivity index (χ2n) is 10.6. The van der Waals surface area contributed by atoms with E-state index in [9.17, 15) is 14.7 Å². The second kappa shape index (κ2) is 9.56. The van der Waals surface area contributed by atoms with Gasteiger partial charge in [-0.05, 0) is 59.4 Å². The minimum Gasteiger partial charge on any atom is -0.507 e. The fourth-order valence-corrected chi connectivity index (χ4v) is 4.94. The van der Waals surface area contributed by atoms with Crippen LogP contribution in [-0.4, -0.2) is 37.1 Å². The summed E-state index contributed by atoms with van der Waals surface area (Å²) in [6.07, 6.45) is 0. The number of Topliss-reactive ketones (excluding diaryl/α,β-unsaturated/α-hetero) is 1. The van der Waals surface area contributed by atoms with Gasteiger partial charge in [-0.2, -0.15) is 0 Å². The number of carbonyl (C=O) groups excluding carboxylic acids is 2. The van der Waals surface area contributed by atoms with Crippen LogP contribution in [0.4, 0.5) is 5.69 Å². The Morgan fingerprint density at radius 1 is 0.947 bits per heavy atom. The van der Waals surface area contributed by atoms with Crippen LogP contribution in [0, 0.1) is 6.92 Å². The van der Waals surface area contributed by atoms with Crippen molar-refractivity contribution in [2.45, 2.75) is 39.2 Å². The third-order valence-electron chi connectivity index (χ3n) is 7.01. The van der Waals surface area contributed by atoms with Crippen LogP contribution in [-0.2, 0) is 15.0 Å². The maximum Gasteiger partial charge on any atom is 0.300 e. The van der Waals surface area contributed by atoms with Crippen LogP contribution < -0.4 is 19.1 Å². The Bertz CT molecular complexity index is 1450. The van der Waals surface area contributed by atoms with Crippen molar-refractivity contribution in [2.24, 2.45) is 0 Å². The third-order valence-corrected chi connectivity index (χ3v) is 7.01. The van der Waals surface area contributed by atoms with Crippen molar-refractivity contribution < 1.29 is 28.9 Å². The minimum atomic E-state index is -0.839. The number of aryl methyl sites for hydroxylation is 1. The standard InChI is InChI=1S/C31H31NO6/c1-18-16-20(8-12-23(18)36-5)28(33)26-27(19-6-9-21(10-7-19)31(2,3)4)32(30(35)29(26)34)22-11-13-24-25(17-22)38-15-14-37-24/h6-13,16-17,27,33H,14-15H2,1-5H3/b28-26+. The molecule has 0 radical (unpaired) electrons. The molecule has 7 nitrogen and oxygen atoms in total. The predicted molar refractivity (Wildman–Crippen MR) is 145 cm³/mol. The van der Waals surface area contributed by atoms with E-state index < -0.39 is 17.7 Å². The number of rotatable bonds is 4. The number of hydrogen-bond acceptors (Lipinski definition) is 6. The second-order valence-corrected chi connectivity index (χ2v) is 10.6. The first-order valence-electron chi connectivity index (χ1n) is 12.6. The number of nitrogens with zero attached hydrogens (tertiary/aromatic N) is 1. The highest BCUT2D eigenvalue weighted by Gasteiger charge is 2.47. The van der Waals surface area contributed by atoms with Crippen LogP contribution in [0.1, 0.15) is 49.1 Å². The normalized spacial score (nSPS) is 18.6. The van der Waals surface area contributed by atoms with E-state index in [1.807, 2.05) is 31.2 Å². The predicted octanol–water partition coefficient (Wildman–Crippen LogP) is 5.70.